The van der Waals surface area contributed by atoms with Crippen molar-refractivity contribution in [2.45, 2.75) is 20.8 Å². The second-order valence-electron chi connectivity index (χ2n) is 5.11. The van der Waals surface area contributed by atoms with Crippen LogP contribution in [0.3, 0.4) is 0 Å². The fourth-order valence-corrected chi connectivity index (χ4v) is 2.22. The molecule has 2 aromatic heterocycles. The van der Waals surface area contributed by atoms with Crippen LogP contribution in [0, 0.1) is 13.8 Å². The number of hydrazine groups is 1. The third kappa shape index (κ3) is 4.34. The van der Waals surface area contributed by atoms with Crippen LogP contribution in [-0.2, 0) is 4.74 Å². The maximum Gasteiger partial charge on any atom is 0.340 e. The maximum atomic E-state index is 11.9. The van der Waals surface area contributed by atoms with Crippen LogP contribution in [0.4, 0.5) is 10.6 Å². The van der Waals surface area contributed by atoms with Crippen molar-refractivity contribution in [3.05, 3.63) is 46.9 Å². The second kappa shape index (κ2) is 7.95. The first-order valence-electron chi connectivity index (χ1n) is 7.57. The Labute approximate surface area is 144 Å². The molecule has 0 saturated carbocycles. The number of anilines is 1. The number of urea groups is 1. The Balaban J connectivity index is 1.98. The van der Waals surface area contributed by atoms with Gasteiger partial charge >= 0.3 is 12.0 Å². The zero-order valence-corrected chi connectivity index (χ0v) is 14.1. The fourth-order valence-electron chi connectivity index (χ4n) is 2.22. The molecule has 0 spiro atoms. The number of aromatic nitrogens is 2. The number of carbonyl (C=O) groups is 3. The monoisotopic (exact) mass is 345 g/mol. The zero-order chi connectivity index (χ0) is 18.4. The number of hydrogen-bond acceptors (Lipinski definition) is 5. The number of amides is 3. The third-order valence-corrected chi connectivity index (χ3v) is 3.39. The summed E-state index contributed by atoms with van der Waals surface area (Å²) in [5, 5.41) is 2.53. The average Bonchev–Trinajstić information content (AvgIpc) is 2.87. The molecule has 0 aliphatic carbocycles. The van der Waals surface area contributed by atoms with E-state index in [9.17, 15) is 14.4 Å². The summed E-state index contributed by atoms with van der Waals surface area (Å²) in [7, 11) is 0. The molecule has 2 rings (SSSR count). The third-order valence-electron chi connectivity index (χ3n) is 3.39. The molecule has 0 saturated heterocycles. The minimum atomic E-state index is -0.665. The Hall–Kier alpha value is -3.36. The molecule has 0 aromatic carbocycles. The number of nitrogens with zero attached hydrogens (tertiary/aromatic N) is 1. The SMILES string of the molecule is CCOC(=O)c1c(C)[nH]c(NC(=O)NNC(=O)c2ccncc2)c1C. The van der Waals surface area contributed by atoms with Gasteiger partial charge in [-0.15, -0.1) is 0 Å². The molecule has 0 atom stereocenters. The molecule has 0 fully saturated rings. The number of pyridine rings is 1. The number of aryl methyl sites for hydroxylation is 1. The molecule has 0 aliphatic heterocycles. The molecule has 0 radical (unpaired) electrons. The summed E-state index contributed by atoms with van der Waals surface area (Å²) >= 11 is 0. The smallest absolute Gasteiger partial charge is 0.340 e. The minimum absolute atomic E-state index is 0.257. The van der Waals surface area contributed by atoms with Gasteiger partial charge in [0.15, 0.2) is 0 Å². The van der Waals surface area contributed by atoms with Gasteiger partial charge in [0.25, 0.3) is 5.91 Å². The minimum Gasteiger partial charge on any atom is -0.462 e. The number of carbonyl (C=O) groups excluding carboxylic acids is 3. The van der Waals surface area contributed by atoms with E-state index in [1.54, 1.807) is 20.8 Å². The molecular formula is C16H19N5O4. The largest absolute Gasteiger partial charge is 0.462 e. The number of nitrogens with one attached hydrogen (secondary N) is 4. The van der Waals surface area contributed by atoms with E-state index in [0.717, 1.165) is 0 Å². The predicted molar refractivity (Wildman–Crippen MR) is 90.1 cm³/mol. The van der Waals surface area contributed by atoms with Crippen molar-refractivity contribution >= 4 is 23.7 Å². The van der Waals surface area contributed by atoms with E-state index in [1.165, 1.54) is 24.5 Å². The predicted octanol–water partition coefficient (Wildman–Crippen LogP) is 1.67. The Bertz CT molecular complexity index is 785. The van der Waals surface area contributed by atoms with Crippen molar-refractivity contribution in [1.29, 1.82) is 0 Å². The van der Waals surface area contributed by atoms with Gasteiger partial charge in [-0.25, -0.2) is 15.0 Å². The first-order valence-corrected chi connectivity index (χ1v) is 7.57. The lowest BCUT2D eigenvalue weighted by Crippen LogP contribution is -2.44. The average molecular weight is 345 g/mol. The molecule has 9 heteroatoms. The van der Waals surface area contributed by atoms with Crippen LogP contribution in [0.25, 0.3) is 0 Å². The van der Waals surface area contributed by atoms with Crippen molar-refractivity contribution in [3.63, 3.8) is 0 Å². The number of aromatic amines is 1. The molecule has 0 unspecified atom stereocenters. The molecule has 4 N–H and O–H groups in total. The number of H-pyrrole nitrogens is 1. The Morgan fingerprint density at radius 2 is 1.84 bits per heavy atom. The quantitative estimate of drug-likeness (QED) is 0.495. The zero-order valence-electron chi connectivity index (χ0n) is 14.1. The molecular weight excluding hydrogens is 326 g/mol. The Morgan fingerprint density at radius 1 is 1.16 bits per heavy atom. The van der Waals surface area contributed by atoms with Crippen LogP contribution in [0.15, 0.2) is 24.5 Å². The van der Waals surface area contributed by atoms with Gasteiger partial charge in [-0.05, 0) is 32.9 Å². The van der Waals surface area contributed by atoms with Crippen molar-refractivity contribution in [1.82, 2.24) is 20.8 Å². The molecule has 0 bridgehead atoms. The van der Waals surface area contributed by atoms with Gasteiger partial charge in [0, 0.05) is 29.2 Å². The first-order chi connectivity index (χ1) is 11.9. The standard InChI is InChI=1S/C16H19N5O4/c1-4-25-15(23)12-9(2)13(18-10(12)3)19-16(24)21-20-14(22)11-5-7-17-8-6-11/h5-8,18H,4H2,1-3H3,(H,20,22)(H2,19,21,24). The number of rotatable bonds is 4. The lowest BCUT2D eigenvalue weighted by atomic mass is 10.1. The van der Waals surface area contributed by atoms with E-state index in [4.69, 9.17) is 4.74 Å². The summed E-state index contributed by atoms with van der Waals surface area (Å²) in [5.74, 6) is -0.603. The molecule has 3 amide bonds. The molecule has 2 aromatic rings. The highest BCUT2D eigenvalue weighted by atomic mass is 16.5. The highest BCUT2D eigenvalue weighted by Gasteiger charge is 2.20. The lowest BCUT2D eigenvalue weighted by molar-refractivity contribution is 0.0525. The van der Waals surface area contributed by atoms with Crippen LogP contribution in [0.1, 0.15) is 38.9 Å². The van der Waals surface area contributed by atoms with Gasteiger partial charge in [-0.2, -0.15) is 0 Å². The van der Waals surface area contributed by atoms with E-state index in [-0.39, 0.29) is 6.61 Å². The highest BCUT2D eigenvalue weighted by Crippen LogP contribution is 2.22. The number of hydrogen-bond donors (Lipinski definition) is 4. The van der Waals surface area contributed by atoms with E-state index >= 15 is 0 Å². The van der Waals surface area contributed by atoms with Crippen molar-refractivity contribution in [2.75, 3.05) is 11.9 Å². The number of esters is 1. The molecule has 9 nitrogen and oxygen atoms in total. The van der Waals surface area contributed by atoms with Crippen LogP contribution < -0.4 is 16.2 Å². The topological polar surface area (TPSA) is 125 Å². The molecule has 2 heterocycles. The Morgan fingerprint density at radius 3 is 2.48 bits per heavy atom. The first kappa shape index (κ1) is 18.0. The lowest BCUT2D eigenvalue weighted by Gasteiger charge is -2.09. The van der Waals surface area contributed by atoms with Gasteiger partial charge in [0.2, 0.25) is 0 Å². The van der Waals surface area contributed by atoms with Crippen LogP contribution in [-0.4, -0.2) is 34.5 Å². The van der Waals surface area contributed by atoms with E-state index in [2.05, 4.69) is 26.1 Å². The number of ether oxygens (including phenoxy) is 1. The fraction of sp³-hybridized carbons (Fsp3) is 0.250. The van der Waals surface area contributed by atoms with Crippen LogP contribution in [0.5, 0.6) is 0 Å². The van der Waals surface area contributed by atoms with Gasteiger partial charge in [-0.1, -0.05) is 0 Å². The molecule has 25 heavy (non-hydrogen) atoms. The van der Waals surface area contributed by atoms with Crippen molar-refractivity contribution in [3.8, 4) is 0 Å². The van der Waals surface area contributed by atoms with E-state index in [1.807, 2.05) is 0 Å². The highest BCUT2D eigenvalue weighted by molar-refractivity contribution is 5.99. The summed E-state index contributed by atoms with van der Waals surface area (Å²) in [4.78, 5) is 42.4. The van der Waals surface area contributed by atoms with Crippen LogP contribution in [0.2, 0.25) is 0 Å². The maximum absolute atomic E-state index is 11.9. The van der Waals surface area contributed by atoms with Crippen molar-refractivity contribution < 1.29 is 19.1 Å². The van der Waals surface area contributed by atoms with Gasteiger partial charge < -0.3 is 9.72 Å². The Kier molecular flexibility index (Phi) is 5.72. The second-order valence-corrected chi connectivity index (χ2v) is 5.11. The van der Waals surface area contributed by atoms with Gasteiger partial charge in [-0.3, -0.25) is 20.5 Å². The summed E-state index contributed by atoms with van der Waals surface area (Å²) in [5.41, 5.74) is 6.35. The summed E-state index contributed by atoms with van der Waals surface area (Å²) in [6.45, 7) is 5.36. The summed E-state index contributed by atoms with van der Waals surface area (Å²) in [6.07, 6.45) is 2.94. The summed E-state index contributed by atoms with van der Waals surface area (Å²) < 4.78 is 4.99. The van der Waals surface area contributed by atoms with Gasteiger partial charge in [0.05, 0.1) is 12.2 Å². The normalized spacial score (nSPS) is 10.0. The van der Waals surface area contributed by atoms with Crippen LogP contribution >= 0.6 is 0 Å². The summed E-state index contributed by atoms with van der Waals surface area (Å²) in [6, 6.07) is 2.36. The van der Waals surface area contributed by atoms with Crippen molar-refractivity contribution in [2.24, 2.45) is 0 Å². The van der Waals surface area contributed by atoms with E-state index < -0.39 is 17.9 Å². The molecule has 0 aliphatic rings. The van der Waals surface area contributed by atoms with E-state index in [0.29, 0.717) is 28.2 Å². The van der Waals surface area contributed by atoms with Gasteiger partial charge in [0.1, 0.15) is 5.82 Å². The molecule has 132 valence electrons.